The zero-order chi connectivity index (χ0) is 21.7. The molecular formula is C22H15FN8O. The first-order valence-electron chi connectivity index (χ1n) is 9.73. The molecule has 0 spiro atoms. The van der Waals surface area contributed by atoms with Gasteiger partial charge in [-0.15, -0.1) is 0 Å². The number of nitrogens with one attached hydrogen (secondary N) is 3. The lowest BCUT2D eigenvalue weighted by atomic mass is 10.1. The van der Waals surface area contributed by atoms with Gasteiger partial charge in [-0.25, -0.2) is 14.4 Å². The van der Waals surface area contributed by atoms with Crippen molar-refractivity contribution in [3.8, 4) is 39.7 Å². The number of H-pyrrole nitrogens is 3. The molecule has 32 heavy (non-hydrogen) atoms. The first-order valence-corrected chi connectivity index (χ1v) is 9.73. The lowest BCUT2D eigenvalue weighted by molar-refractivity contribution is 0.411. The first kappa shape index (κ1) is 18.2. The van der Waals surface area contributed by atoms with Crippen LogP contribution >= 0.6 is 0 Å². The molecule has 0 aliphatic heterocycles. The Morgan fingerprint density at radius 1 is 1.03 bits per heavy atom. The van der Waals surface area contributed by atoms with E-state index in [1.165, 1.54) is 19.2 Å². The molecule has 0 aliphatic carbocycles. The maximum absolute atomic E-state index is 14.1. The van der Waals surface area contributed by atoms with E-state index in [1.54, 1.807) is 36.9 Å². The van der Waals surface area contributed by atoms with Gasteiger partial charge in [0.15, 0.2) is 11.5 Å². The van der Waals surface area contributed by atoms with Crippen LogP contribution in [-0.4, -0.2) is 47.4 Å². The largest absolute Gasteiger partial charge is 0.497 e. The van der Waals surface area contributed by atoms with Gasteiger partial charge < -0.3 is 9.72 Å². The molecular weight excluding hydrogens is 411 g/mol. The maximum Gasteiger partial charge on any atom is 0.160 e. The number of methoxy groups -OCH3 is 1. The van der Waals surface area contributed by atoms with Crippen molar-refractivity contribution in [2.24, 2.45) is 0 Å². The monoisotopic (exact) mass is 426 g/mol. The smallest absolute Gasteiger partial charge is 0.160 e. The summed E-state index contributed by atoms with van der Waals surface area (Å²) >= 11 is 0. The lowest BCUT2D eigenvalue weighted by Crippen LogP contribution is -1.88. The minimum absolute atomic E-state index is 0.391. The van der Waals surface area contributed by atoms with Crippen molar-refractivity contribution in [2.45, 2.75) is 0 Å². The predicted octanol–water partition coefficient (Wildman–Crippen LogP) is 4.10. The number of nitrogens with zero attached hydrogens (tertiary/aromatic N) is 5. The van der Waals surface area contributed by atoms with Gasteiger partial charge in [-0.2, -0.15) is 10.2 Å². The fraction of sp³-hybridized carbons (Fsp3) is 0.0455. The highest BCUT2D eigenvalue weighted by Gasteiger charge is 2.17. The third kappa shape index (κ3) is 2.88. The molecule has 0 atom stereocenters. The highest BCUT2D eigenvalue weighted by molar-refractivity contribution is 5.96. The normalized spacial score (nSPS) is 11.4. The number of aromatic amines is 3. The van der Waals surface area contributed by atoms with Crippen LogP contribution in [0.5, 0.6) is 5.75 Å². The van der Waals surface area contributed by atoms with Gasteiger partial charge in [-0.1, -0.05) is 0 Å². The Balaban J connectivity index is 1.51. The average Bonchev–Trinajstić information content (AvgIpc) is 3.56. The third-order valence-electron chi connectivity index (χ3n) is 5.27. The Morgan fingerprint density at radius 3 is 2.81 bits per heavy atom. The molecule has 0 radical (unpaired) electrons. The van der Waals surface area contributed by atoms with Crippen LogP contribution in [0.4, 0.5) is 4.39 Å². The van der Waals surface area contributed by atoms with Gasteiger partial charge in [-0.05, 0) is 29.8 Å². The number of halogens is 1. The van der Waals surface area contributed by atoms with Crippen molar-refractivity contribution >= 4 is 22.1 Å². The minimum atomic E-state index is -0.391. The van der Waals surface area contributed by atoms with Crippen LogP contribution in [-0.2, 0) is 0 Å². The topological polar surface area (TPSA) is 121 Å². The number of ether oxygens (including phenoxy) is 1. The van der Waals surface area contributed by atoms with E-state index in [0.29, 0.717) is 34.0 Å². The molecule has 0 amide bonds. The Hall–Kier alpha value is -4.60. The molecule has 0 saturated heterocycles. The molecule has 9 nitrogen and oxygen atoms in total. The Morgan fingerprint density at radius 2 is 1.97 bits per heavy atom. The van der Waals surface area contributed by atoms with E-state index in [9.17, 15) is 4.39 Å². The second-order valence-corrected chi connectivity index (χ2v) is 7.20. The molecule has 3 N–H and O–H groups in total. The molecule has 6 aromatic rings. The summed E-state index contributed by atoms with van der Waals surface area (Å²) in [6.45, 7) is 0. The second kappa shape index (κ2) is 6.98. The van der Waals surface area contributed by atoms with E-state index in [0.717, 1.165) is 27.7 Å². The van der Waals surface area contributed by atoms with Crippen molar-refractivity contribution < 1.29 is 9.13 Å². The molecule has 10 heteroatoms. The minimum Gasteiger partial charge on any atom is -0.497 e. The number of hydrogen-bond acceptors (Lipinski definition) is 6. The SMILES string of the molecule is COc1cc(F)cc(-c2ccnc3[nH]c(-c4n[nH]c5cnc(-c6cn[nH]c6)cc45)nc23)c1. The van der Waals surface area contributed by atoms with E-state index in [-0.39, 0.29) is 0 Å². The molecule has 0 bridgehead atoms. The number of aromatic nitrogens is 8. The van der Waals surface area contributed by atoms with E-state index >= 15 is 0 Å². The van der Waals surface area contributed by atoms with Gasteiger partial charge in [0.05, 0.1) is 30.7 Å². The Kier molecular flexibility index (Phi) is 3.97. The summed E-state index contributed by atoms with van der Waals surface area (Å²) in [6, 6.07) is 8.26. The van der Waals surface area contributed by atoms with Gasteiger partial charge in [0.2, 0.25) is 0 Å². The summed E-state index contributed by atoms with van der Waals surface area (Å²) in [4.78, 5) is 16.8. The van der Waals surface area contributed by atoms with Crippen LogP contribution in [0.15, 0.2) is 55.1 Å². The molecule has 0 saturated carbocycles. The molecule has 0 unspecified atom stereocenters. The number of hydrogen-bond donors (Lipinski definition) is 3. The standard InChI is InChI=1S/C22H15FN8O/c1-32-14-5-11(4-13(23)6-14)15-2-3-24-21-19(15)28-22(29-21)20-16-7-17(12-8-26-27-9-12)25-10-18(16)30-31-20/h2-10H,1H3,(H,26,27)(H,30,31)(H,24,28,29). The van der Waals surface area contributed by atoms with Crippen molar-refractivity contribution in [3.63, 3.8) is 0 Å². The lowest BCUT2D eigenvalue weighted by Gasteiger charge is -2.06. The number of fused-ring (bicyclic) bond motifs is 2. The fourth-order valence-corrected chi connectivity index (χ4v) is 3.74. The van der Waals surface area contributed by atoms with Crippen LogP contribution in [0, 0.1) is 5.82 Å². The molecule has 0 fully saturated rings. The summed E-state index contributed by atoms with van der Waals surface area (Å²) < 4.78 is 19.3. The molecule has 5 heterocycles. The Labute approximate surface area is 179 Å². The second-order valence-electron chi connectivity index (χ2n) is 7.20. The Bertz CT molecular complexity index is 1580. The van der Waals surface area contributed by atoms with Crippen LogP contribution in [0.2, 0.25) is 0 Å². The number of rotatable bonds is 4. The number of pyridine rings is 2. The van der Waals surface area contributed by atoms with Crippen molar-refractivity contribution in [2.75, 3.05) is 7.11 Å². The molecule has 1 aromatic carbocycles. The van der Waals surface area contributed by atoms with Crippen LogP contribution < -0.4 is 4.74 Å². The van der Waals surface area contributed by atoms with Gasteiger partial charge in [-0.3, -0.25) is 15.2 Å². The quantitative estimate of drug-likeness (QED) is 0.390. The van der Waals surface area contributed by atoms with Gasteiger partial charge in [0, 0.05) is 35.0 Å². The van der Waals surface area contributed by atoms with E-state index < -0.39 is 5.82 Å². The van der Waals surface area contributed by atoms with Gasteiger partial charge in [0.25, 0.3) is 0 Å². The van der Waals surface area contributed by atoms with E-state index in [2.05, 4.69) is 35.3 Å². The van der Waals surface area contributed by atoms with E-state index in [4.69, 9.17) is 9.72 Å². The predicted molar refractivity (Wildman–Crippen MR) is 116 cm³/mol. The van der Waals surface area contributed by atoms with Crippen molar-refractivity contribution in [1.29, 1.82) is 0 Å². The third-order valence-corrected chi connectivity index (χ3v) is 5.27. The van der Waals surface area contributed by atoms with Gasteiger partial charge in [0.1, 0.15) is 22.8 Å². The first-order chi connectivity index (χ1) is 15.7. The van der Waals surface area contributed by atoms with Crippen LogP contribution in [0.3, 0.4) is 0 Å². The van der Waals surface area contributed by atoms with Gasteiger partial charge >= 0.3 is 0 Å². The van der Waals surface area contributed by atoms with Crippen molar-refractivity contribution in [1.82, 2.24) is 40.3 Å². The van der Waals surface area contributed by atoms with Crippen molar-refractivity contribution in [3.05, 3.63) is 60.9 Å². The van der Waals surface area contributed by atoms with E-state index in [1.807, 2.05) is 6.07 Å². The number of benzene rings is 1. The molecule has 0 aliphatic rings. The summed E-state index contributed by atoms with van der Waals surface area (Å²) in [5, 5.41) is 15.1. The highest BCUT2D eigenvalue weighted by atomic mass is 19.1. The zero-order valence-corrected chi connectivity index (χ0v) is 16.7. The number of imidazole rings is 1. The maximum atomic E-state index is 14.1. The summed E-state index contributed by atoms with van der Waals surface area (Å²) in [5.74, 6) is 0.579. The molecule has 5 aromatic heterocycles. The van der Waals surface area contributed by atoms with Crippen LogP contribution in [0.25, 0.3) is 56.0 Å². The summed E-state index contributed by atoms with van der Waals surface area (Å²) in [7, 11) is 1.50. The summed E-state index contributed by atoms with van der Waals surface area (Å²) in [6.07, 6.45) is 6.86. The zero-order valence-electron chi connectivity index (χ0n) is 16.7. The average molecular weight is 426 g/mol. The van der Waals surface area contributed by atoms with Crippen LogP contribution in [0.1, 0.15) is 0 Å². The summed E-state index contributed by atoms with van der Waals surface area (Å²) in [5.41, 5.74) is 5.59. The molecule has 156 valence electrons. The molecule has 6 rings (SSSR count). The highest BCUT2D eigenvalue weighted by Crippen LogP contribution is 2.33. The fourth-order valence-electron chi connectivity index (χ4n) is 3.74.